The van der Waals surface area contributed by atoms with E-state index in [1.807, 2.05) is 24.3 Å². The van der Waals surface area contributed by atoms with Gasteiger partial charge in [-0.15, -0.1) is 5.10 Å². The third-order valence-corrected chi connectivity index (χ3v) is 5.43. The molecule has 0 aromatic carbocycles. The molecule has 1 aliphatic rings. The van der Waals surface area contributed by atoms with E-state index < -0.39 is 0 Å². The first-order valence-corrected chi connectivity index (χ1v) is 10.5. The fourth-order valence-corrected chi connectivity index (χ4v) is 3.38. The summed E-state index contributed by atoms with van der Waals surface area (Å²) in [6, 6.07) is 7.81. The molecule has 1 saturated heterocycles. The number of amides is 1. The van der Waals surface area contributed by atoms with Crippen molar-refractivity contribution in [2.24, 2.45) is 0 Å². The van der Waals surface area contributed by atoms with E-state index in [0.29, 0.717) is 41.7 Å². The summed E-state index contributed by atoms with van der Waals surface area (Å²) in [6.45, 7) is 7.13. The summed E-state index contributed by atoms with van der Waals surface area (Å²) < 4.78 is 0. The minimum Gasteiger partial charge on any atom is -0.384 e. The number of pyridine rings is 2. The Morgan fingerprint density at radius 1 is 1.19 bits per heavy atom. The van der Waals surface area contributed by atoms with Gasteiger partial charge in [-0.3, -0.25) is 9.78 Å². The SMILES string of the molecule is CC(=O)N1CC(N/C=C(\C=N)c2cnc3ccc(Nc4cc(C(C)C)cnn4)nc3c2)C1. The van der Waals surface area contributed by atoms with Crippen LogP contribution in [0.1, 0.15) is 37.8 Å². The Morgan fingerprint density at radius 3 is 2.72 bits per heavy atom. The maximum atomic E-state index is 11.3. The molecule has 0 aliphatic carbocycles. The molecule has 0 spiro atoms. The summed E-state index contributed by atoms with van der Waals surface area (Å²) in [5, 5.41) is 22.5. The molecule has 9 nitrogen and oxygen atoms in total. The van der Waals surface area contributed by atoms with Gasteiger partial charge >= 0.3 is 0 Å². The number of allylic oxidation sites excluding steroid dienone is 1. The predicted molar refractivity (Wildman–Crippen MR) is 125 cm³/mol. The van der Waals surface area contributed by atoms with Crippen LogP contribution in [0, 0.1) is 5.41 Å². The second-order valence-electron chi connectivity index (χ2n) is 8.14. The highest BCUT2D eigenvalue weighted by Gasteiger charge is 2.27. The number of anilines is 2. The van der Waals surface area contributed by atoms with Gasteiger partial charge in [0.2, 0.25) is 5.91 Å². The van der Waals surface area contributed by atoms with Gasteiger partial charge in [0.1, 0.15) is 5.82 Å². The Bertz CT molecular complexity index is 1180. The van der Waals surface area contributed by atoms with Crippen LogP contribution in [0.3, 0.4) is 0 Å². The van der Waals surface area contributed by atoms with E-state index in [-0.39, 0.29) is 11.9 Å². The Balaban J connectivity index is 1.52. The lowest BCUT2D eigenvalue weighted by Crippen LogP contribution is -2.58. The molecule has 1 fully saturated rings. The van der Waals surface area contributed by atoms with Crippen molar-refractivity contribution < 1.29 is 4.79 Å². The molecule has 164 valence electrons. The first-order valence-electron chi connectivity index (χ1n) is 10.5. The van der Waals surface area contributed by atoms with E-state index in [1.165, 1.54) is 6.21 Å². The maximum Gasteiger partial charge on any atom is 0.219 e. The van der Waals surface area contributed by atoms with E-state index >= 15 is 0 Å². The summed E-state index contributed by atoms with van der Waals surface area (Å²) in [4.78, 5) is 22.2. The number of nitrogens with zero attached hydrogens (tertiary/aromatic N) is 5. The minimum atomic E-state index is 0.0791. The molecule has 3 aromatic rings. The summed E-state index contributed by atoms with van der Waals surface area (Å²) in [7, 11) is 0. The topological polar surface area (TPSA) is 120 Å². The molecule has 3 N–H and O–H groups in total. The summed E-state index contributed by atoms with van der Waals surface area (Å²) in [5.74, 6) is 1.71. The second-order valence-corrected chi connectivity index (χ2v) is 8.14. The minimum absolute atomic E-state index is 0.0791. The van der Waals surface area contributed by atoms with Crippen LogP contribution in [-0.2, 0) is 4.79 Å². The normalized spacial score (nSPS) is 14.4. The third kappa shape index (κ3) is 4.72. The molecule has 9 heteroatoms. The van der Waals surface area contributed by atoms with Crippen molar-refractivity contribution in [2.75, 3.05) is 18.4 Å². The average Bonchev–Trinajstić information content (AvgIpc) is 2.75. The molecule has 3 aromatic heterocycles. The largest absolute Gasteiger partial charge is 0.384 e. The van der Waals surface area contributed by atoms with Gasteiger partial charge < -0.3 is 20.9 Å². The van der Waals surface area contributed by atoms with Crippen molar-refractivity contribution in [3.63, 3.8) is 0 Å². The Kier molecular flexibility index (Phi) is 6.07. The van der Waals surface area contributed by atoms with Gasteiger partial charge in [0, 0.05) is 49.8 Å². The van der Waals surface area contributed by atoms with E-state index in [0.717, 1.165) is 16.6 Å². The maximum absolute atomic E-state index is 11.3. The summed E-state index contributed by atoms with van der Waals surface area (Å²) in [5.41, 5.74) is 4.04. The van der Waals surface area contributed by atoms with Crippen molar-refractivity contribution in [2.45, 2.75) is 32.7 Å². The van der Waals surface area contributed by atoms with Crippen molar-refractivity contribution in [1.82, 2.24) is 30.4 Å². The molecule has 0 unspecified atom stereocenters. The van der Waals surface area contributed by atoms with Crippen LogP contribution >= 0.6 is 0 Å². The molecule has 0 bridgehead atoms. The lowest BCUT2D eigenvalue weighted by atomic mass is 10.1. The molecule has 0 radical (unpaired) electrons. The van der Waals surface area contributed by atoms with Gasteiger partial charge in [-0.2, -0.15) is 5.10 Å². The molecule has 0 saturated carbocycles. The average molecular weight is 431 g/mol. The smallest absolute Gasteiger partial charge is 0.219 e. The third-order valence-electron chi connectivity index (χ3n) is 5.43. The van der Waals surface area contributed by atoms with E-state index in [1.54, 1.807) is 30.4 Å². The Hall–Kier alpha value is -3.88. The number of aromatic nitrogens is 4. The highest BCUT2D eigenvalue weighted by Crippen LogP contribution is 2.22. The monoisotopic (exact) mass is 430 g/mol. The quantitative estimate of drug-likeness (QED) is 0.493. The molecule has 4 heterocycles. The van der Waals surface area contributed by atoms with Gasteiger partial charge in [0.15, 0.2) is 5.82 Å². The molecule has 4 rings (SSSR count). The second kappa shape index (κ2) is 9.09. The molecule has 1 aliphatic heterocycles. The van der Waals surface area contributed by atoms with Crippen LogP contribution in [0.5, 0.6) is 0 Å². The van der Waals surface area contributed by atoms with Crippen LogP contribution in [0.2, 0.25) is 0 Å². The zero-order valence-electron chi connectivity index (χ0n) is 18.3. The summed E-state index contributed by atoms with van der Waals surface area (Å²) in [6.07, 6.45) is 6.58. The van der Waals surface area contributed by atoms with E-state index in [4.69, 9.17) is 5.41 Å². The van der Waals surface area contributed by atoms with E-state index in [9.17, 15) is 4.79 Å². The number of likely N-dealkylation sites (tertiary alicyclic amines) is 1. The number of carbonyl (C=O) groups excluding carboxylic acids is 1. The van der Waals surface area contributed by atoms with Gasteiger partial charge in [0.25, 0.3) is 0 Å². The number of carbonyl (C=O) groups is 1. The van der Waals surface area contributed by atoms with Gasteiger partial charge in [-0.25, -0.2) is 4.98 Å². The Labute approximate surface area is 186 Å². The zero-order chi connectivity index (χ0) is 22.7. The van der Waals surface area contributed by atoms with Gasteiger partial charge in [-0.1, -0.05) is 13.8 Å². The van der Waals surface area contributed by atoms with Gasteiger partial charge in [0.05, 0.1) is 23.3 Å². The van der Waals surface area contributed by atoms with Crippen LogP contribution in [0.25, 0.3) is 16.6 Å². The highest BCUT2D eigenvalue weighted by atomic mass is 16.2. The molecule has 1 amide bonds. The lowest BCUT2D eigenvalue weighted by Gasteiger charge is -2.38. The van der Waals surface area contributed by atoms with Crippen molar-refractivity contribution >= 4 is 40.4 Å². The van der Waals surface area contributed by atoms with Crippen LogP contribution < -0.4 is 10.6 Å². The van der Waals surface area contributed by atoms with Crippen molar-refractivity contribution in [1.29, 1.82) is 5.41 Å². The van der Waals surface area contributed by atoms with Crippen LogP contribution in [0.15, 0.2) is 42.9 Å². The molecular weight excluding hydrogens is 404 g/mol. The van der Waals surface area contributed by atoms with Crippen molar-refractivity contribution in [3.8, 4) is 0 Å². The number of hydrogen-bond acceptors (Lipinski definition) is 8. The molecular formula is C23H26N8O. The Morgan fingerprint density at radius 2 is 2.00 bits per heavy atom. The van der Waals surface area contributed by atoms with Crippen LogP contribution in [0.4, 0.5) is 11.6 Å². The lowest BCUT2D eigenvalue weighted by molar-refractivity contribution is -0.133. The first kappa shape index (κ1) is 21.4. The molecule has 32 heavy (non-hydrogen) atoms. The predicted octanol–water partition coefficient (Wildman–Crippen LogP) is 3.10. The fraction of sp³-hybridized carbons (Fsp3) is 0.304. The van der Waals surface area contributed by atoms with Crippen LogP contribution in [-0.4, -0.2) is 56.3 Å². The van der Waals surface area contributed by atoms with Gasteiger partial charge in [-0.05, 0) is 35.7 Å². The highest BCUT2D eigenvalue weighted by molar-refractivity contribution is 6.08. The number of rotatable bonds is 7. The summed E-state index contributed by atoms with van der Waals surface area (Å²) >= 11 is 0. The van der Waals surface area contributed by atoms with E-state index in [2.05, 4.69) is 44.6 Å². The first-order chi connectivity index (χ1) is 15.4. The number of fused-ring (bicyclic) bond motifs is 1. The standard InChI is InChI=1S/C23H26N8O/c1-14(2)16-7-23(30-27-11-16)29-22-5-4-20-21(28-22)6-17(9-26-20)18(8-24)10-25-19-12-31(13-19)15(3)32/h4-11,14,19,24-25H,12-13H2,1-3H3,(H,28,29,30)/b18-10+,24-8?. The number of hydrogen-bond donors (Lipinski definition) is 3. The zero-order valence-corrected chi connectivity index (χ0v) is 18.3. The molecule has 0 atom stereocenters. The van der Waals surface area contributed by atoms with Crippen molar-refractivity contribution in [3.05, 3.63) is 54.0 Å². The number of nitrogens with one attached hydrogen (secondary N) is 3. The fourth-order valence-electron chi connectivity index (χ4n) is 3.38.